The Morgan fingerprint density at radius 3 is 2.03 bits per heavy atom. The van der Waals surface area contributed by atoms with E-state index in [0.29, 0.717) is 0 Å². The van der Waals surface area contributed by atoms with Crippen molar-refractivity contribution in [2.24, 2.45) is 17.3 Å². The maximum absolute atomic E-state index is 13.1. The van der Waals surface area contributed by atoms with Crippen LogP contribution in [0.5, 0.6) is 0 Å². The number of Topliss-reactive ketones (excluding diaryl/α,β-unsaturated/α-hetero) is 1. The molecule has 11 atom stereocenters. The molecule has 1 spiro atoms. The van der Waals surface area contributed by atoms with Crippen LogP contribution in [0.3, 0.4) is 0 Å². The second-order valence-corrected chi connectivity index (χ2v) is 11.5. The second kappa shape index (κ2) is 9.00. The lowest BCUT2D eigenvalue weighted by Gasteiger charge is -2.52. The zero-order valence-corrected chi connectivity index (χ0v) is 22.8. The van der Waals surface area contributed by atoms with E-state index in [2.05, 4.69) is 0 Å². The molecule has 2 heterocycles. The molecule has 0 unspecified atom stereocenters. The molecule has 2 aliphatic heterocycles. The minimum absolute atomic E-state index is 0.524. The summed E-state index contributed by atoms with van der Waals surface area (Å²) >= 11 is 0. The summed E-state index contributed by atoms with van der Waals surface area (Å²) in [5, 5.41) is 33.6. The van der Waals surface area contributed by atoms with Gasteiger partial charge in [-0.25, -0.2) is 4.79 Å². The Morgan fingerprint density at radius 2 is 1.51 bits per heavy atom. The van der Waals surface area contributed by atoms with E-state index in [1.807, 2.05) is 0 Å². The third kappa shape index (κ3) is 4.13. The third-order valence-electron chi connectivity index (χ3n) is 8.63. The molecule has 0 aromatic carbocycles. The molecule has 0 bridgehead atoms. The predicted molar refractivity (Wildman–Crippen MR) is 126 cm³/mol. The van der Waals surface area contributed by atoms with Crippen LogP contribution in [0.2, 0.25) is 0 Å². The summed E-state index contributed by atoms with van der Waals surface area (Å²) in [7, 11) is 0. The van der Waals surface area contributed by atoms with Crippen LogP contribution in [0.25, 0.3) is 0 Å². The van der Waals surface area contributed by atoms with E-state index in [4.69, 9.17) is 23.7 Å². The molecule has 4 aliphatic rings. The van der Waals surface area contributed by atoms with Crippen LogP contribution < -0.4 is 0 Å². The Bertz CT molecular complexity index is 1160. The zero-order valence-electron chi connectivity index (χ0n) is 22.8. The molecular formula is C26H34O13. The number of aliphatic hydroxyl groups excluding tert-OH is 2. The van der Waals surface area contributed by atoms with E-state index in [9.17, 15) is 39.3 Å². The van der Waals surface area contributed by atoms with Crippen molar-refractivity contribution in [1.29, 1.82) is 0 Å². The zero-order chi connectivity index (χ0) is 29.5. The van der Waals surface area contributed by atoms with Crippen molar-refractivity contribution in [2.45, 2.75) is 102 Å². The summed E-state index contributed by atoms with van der Waals surface area (Å²) in [6, 6.07) is 0. The minimum Gasteiger partial charge on any atom is -0.505 e. The van der Waals surface area contributed by atoms with Crippen molar-refractivity contribution >= 4 is 29.7 Å². The highest BCUT2D eigenvalue weighted by atomic mass is 16.7. The van der Waals surface area contributed by atoms with Crippen molar-refractivity contribution < 1.29 is 63.0 Å². The van der Waals surface area contributed by atoms with Crippen LogP contribution in [-0.2, 0) is 47.7 Å². The highest BCUT2D eigenvalue weighted by Gasteiger charge is 2.89. The molecule has 3 N–H and O–H groups in total. The van der Waals surface area contributed by atoms with E-state index in [1.54, 1.807) is 0 Å². The molecule has 3 fully saturated rings. The number of ketones is 1. The maximum Gasteiger partial charge on any atom is 0.342 e. The molecule has 39 heavy (non-hydrogen) atoms. The standard InChI is InChI=1S/C26H34O13/c1-10-16-20(37-13(4)29)26-21(38-22(33)25(26,7)39-26)18(32)24(6,34)9-15(35-11(2)27)19(36-12(3)28)23(16,5)8-14(30)17(10)31/h8,10,15-16,18-21,30,32,34H,9H2,1-7H3/t10-,15+,16-,18-,19+,20+,21+,23+,24-,25+,26-/m1/s1. The number of allylic oxidation sites excluding steroid dienone is 1. The van der Waals surface area contributed by atoms with Gasteiger partial charge in [0.15, 0.2) is 28.8 Å². The smallest absolute Gasteiger partial charge is 0.342 e. The first kappa shape index (κ1) is 29.0. The van der Waals surface area contributed by atoms with Crippen molar-refractivity contribution in [3.63, 3.8) is 0 Å². The first-order chi connectivity index (χ1) is 17.8. The van der Waals surface area contributed by atoms with Gasteiger partial charge in [0.25, 0.3) is 0 Å². The number of carbonyl (C=O) groups excluding carboxylic acids is 5. The van der Waals surface area contributed by atoms with Crippen LogP contribution in [0.4, 0.5) is 0 Å². The number of ether oxygens (including phenoxy) is 5. The lowest BCUT2D eigenvalue weighted by atomic mass is 9.56. The first-order valence-corrected chi connectivity index (χ1v) is 12.6. The lowest BCUT2D eigenvalue weighted by Crippen LogP contribution is -2.66. The minimum atomic E-state index is -2.15. The van der Waals surface area contributed by atoms with Gasteiger partial charge in [-0.05, 0) is 19.9 Å². The second-order valence-electron chi connectivity index (χ2n) is 11.5. The normalized spacial score (nSPS) is 46.9. The topological polar surface area (TPSA) is 195 Å². The van der Waals surface area contributed by atoms with Crippen LogP contribution in [-0.4, -0.2) is 92.3 Å². The number of fused-ring (bicyclic) bond motifs is 1. The fourth-order valence-corrected chi connectivity index (χ4v) is 6.87. The monoisotopic (exact) mass is 554 g/mol. The molecule has 13 heteroatoms. The summed E-state index contributed by atoms with van der Waals surface area (Å²) in [6.45, 7) is 8.84. The van der Waals surface area contributed by atoms with Crippen molar-refractivity contribution in [3.05, 3.63) is 11.8 Å². The van der Waals surface area contributed by atoms with E-state index in [0.717, 1.165) is 26.8 Å². The molecule has 1 saturated carbocycles. The highest BCUT2D eigenvalue weighted by Crippen LogP contribution is 2.65. The van der Waals surface area contributed by atoms with E-state index in [-0.39, 0.29) is 0 Å². The average Bonchev–Trinajstić information content (AvgIpc) is 3.37. The summed E-state index contributed by atoms with van der Waals surface area (Å²) < 4.78 is 28.4. The molecule has 216 valence electrons. The Hall–Kier alpha value is -3.03. The van der Waals surface area contributed by atoms with Gasteiger partial charge in [0, 0.05) is 44.4 Å². The third-order valence-corrected chi connectivity index (χ3v) is 8.63. The predicted octanol–water partition coefficient (Wildman–Crippen LogP) is 0.0334. The van der Waals surface area contributed by atoms with Crippen molar-refractivity contribution in [1.82, 2.24) is 0 Å². The molecule has 0 aromatic rings. The largest absolute Gasteiger partial charge is 0.505 e. The van der Waals surface area contributed by atoms with Gasteiger partial charge in [0.2, 0.25) is 0 Å². The van der Waals surface area contributed by atoms with Gasteiger partial charge in [-0.15, -0.1) is 0 Å². The first-order valence-electron chi connectivity index (χ1n) is 12.6. The van der Waals surface area contributed by atoms with Gasteiger partial charge in [-0.2, -0.15) is 0 Å². The molecule has 0 amide bonds. The van der Waals surface area contributed by atoms with Crippen LogP contribution in [0, 0.1) is 17.3 Å². The molecule has 2 saturated heterocycles. The average molecular weight is 555 g/mol. The number of hydrogen-bond acceptors (Lipinski definition) is 13. The van der Waals surface area contributed by atoms with Gasteiger partial charge in [0.05, 0.1) is 5.60 Å². The summed E-state index contributed by atoms with van der Waals surface area (Å²) in [5.74, 6) is -7.06. The van der Waals surface area contributed by atoms with E-state index >= 15 is 0 Å². The van der Waals surface area contributed by atoms with Gasteiger partial charge in [-0.3, -0.25) is 19.2 Å². The summed E-state index contributed by atoms with van der Waals surface area (Å²) in [4.78, 5) is 63.2. The van der Waals surface area contributed by atoms with Crippen LogP contribution >= 0.6 is 0 Å². The van der Waals surface area contributed by atoms with Crippen LogP contribution in [0.15, 0.2) is 11.8 Å². The quantitative estimate of drug-likeness (QED) is 0.240. The van der Waals surface area contributed by atoms with Crippen molar-refractivity contribution in [2.75, 3.05) is 0 Å². The summed E-state index contributed by atoms with van der Waals surface area (Å²) in [5.41, 5.74) is -7.37. The number of aliphatic hydroxyl groups is 3. The van der Waals surface area contributed by atoms with E-state index < -0.39 is 106 Å². The lowest BCUT2D eigenvalue weighted by molar-refractivity contribution is -0.224. The molecule has 4 rings (SSSR count). The molecular weight excluding hydrogens is 520 g/mol. The Kier molecular flexibility index (Phi) is 6.68. The number of rotatable bonds is 3. The Balaban J connectivity index is 2.07. The number of hydrogen-bond donors (Lipinski definition) is 3. The van der Waals surface area contributed by atoms with Gasteiger partial charge < -0.3 is 39.0 Å². The van der Waals surface area contributed by atoms with Gasteiger partial charge in [-0.1, -0.05) is 13.8 Å². The Labute approximate surface area is 224 Å². The SMILES string of the molecule is CC(=O)O[C@H]1C[C@@](C)(O)[C@H](O)[C@@H]2OC(=O)[C@]3(C)O[C@]23[C@@H](OC(C)=O)[C@H]2[C@@H](C)C(=O)C(O)=C[C@]2(C)[C@H]1OC(C)=O. The molecule has 0 radical (unpaired) electrons. The van der Waals surface area contributed by atoms with Gasteiger partial charge >= 0.3 is 23.9 Å². The van der Waals surface area contributed by atoms with Gasteiger partial charge in [0.1, 0.15) is 24.4 Å². The molecule has 2 aliphatic carbocycles. The number of carbonyl (C=O) groups is 5. The molecule has 13 nitrogen and oxygen atoms in total. The highest BCUT2D eigenvalue weighted by molar-refractivity contribution is 5.96. The number of esters is 4. The molecule has 0 aromatic heterocycles. The van der Waals surface area contributed by atoms with Crippen molar-refractivity contribution in [3.8, 4) is 0 Å². The number of epoxide rings is 1. The maximum atomic E-state index is 13.1. The van der Waals surface area contributed by atoms with E-state index in [1.165, 1.54) is 27.7 Å². The van der Waals surface area contributed by atoms with Crippen LogP contribution in [0.1, 0.15) is 54.9 Å². The fraction of sp³-hybridized carbons (Fsp3) is 0.731. The Morgan fingerprint density at radius 1 is 0.974 bits per heavy atom. The summed E-state index contributed by atoms with van der Waals surface area (Å²) in [6.07, 6.45) is -7.27. The fourth-order valence-electron chi connectivity index (χ4n) is 6.87.